The Balaban J connectivity index is 1.24. The third-order valence-corrected chi connectivity index (χ3v) is 9.37. The van der Waals surface area contributed by atoms with Crippen LogP contribution in [0.5, 0.6) is 0 Å². The second-order valence-electron chi connectivity index (χ2n) is 8.25. The Morgan fingerprint density at radius 1 is 0.875 bits per heavy atom. The summed E-state index contributed by atoms with van der Waals surface area (Å²) in [6, 6.07) is 18.0. The molecule has 0 saturated carbocycles. The summed E-state index contributed by atoms with van der Waals surface area (Å²) in [5.74, 6) is -1.78. The Labute approximate surface area is 185 Å². The number of amides is 3. The standard InChI is InChI=1S/C24H23N2O5P/c27-20(15-32(30,16-7-3-1-4-8-16)17-9-5-2-6-10-17)25-13-14-26-23(28)21-18-11-12-19(31-18)22(21)24(26)29/h1-12,18-19,21-22H,13-15H2,(H,25,27)/t18-,19+,21-,22+. The molecule has 164 valence electrons. The summed E-state index contributed by atoms with van der Waals surface area (Å²) in [5, 5.41) is 3.97. The van der Waals surface area contributed by atoms with Crippen molar-refractivity contribution in [3.8, 4) is 0 Å². The average Bonchev–Trinajstić information content (AvgIpc) is 3.50. The normalized spacial score (nSPS) is 25.9. The highest BCUT2D eigenvalue weighted by atomic mass is 31.2. The Kier molecular flexibility index (Phi) is 5.31. The number of fused-ring (bicyclic) bond motifs is 5. The number of imide groups is 1. The summed E-state index contributed by atoms with van der Waals surface area (Å²) in [6.07, 6.45) is 2.84. The van der Waals surface area contributed by atoms with Crippen LogP contribution in [0.2, 0.25) is 0 Å². The van der Waals surface area contributed by atoms with Gasteiger partial charge in [0.25, 0.3) is 0 Å². The maximum absolute atomic E-state index is 14.0. The fraction of sp³-hybridized carbons (Fsp3) is 0.292. The van der Waals surface area contributed by atoms with Crippen LogP contribution in [0.25, 0.3) is 0 Å². The zero-order chi connectivity index (χ0) is 22.3. The van der Waals surface area contributed by atoms with Gasteiger partial charge in [0, 0.05) is 23.7 Å². The van der Waals surface area contributed by atoms with Crippen LogP contribution in [0.15, 0.2) is 72.8 Å². The van der Waals surface area contributed by atoms with Gasteiger partial charge < -0.3 is 14.6 Å². The number of rotatable bonds is 7. The van der Waals surface area contributed by atoms with Crippen molar-refractivity contribution in [2.24, 2.45) is 11.8 Å². The van der Waals surface area contributed by atoms with Gasteiger partial charge in [-0.2, -0.15) is 0 Å². The predicted octanol–water partition coefficient (Wildman–Crippen LogP) is 1.06. The Morgan fingerprint density at radius 3 is 1.88 bits per heavy atom. The van der Waals surface area contributed by atoms with Crippen molar-refractivity contribution in [2.45, 2.75) is 12.2 Å². The minimum Gasteiger partial charge on any atom is -0.365 e. The van der Waals surface area contributed by atoms with Crippen molar-refractivity contribution >= 4 is 35.5 Å². The second kappa shape index (κ2) is 8.15. The molecule has 0 unspecified atom stereocenters. The number of hydrogen-bond donors (Lipinski definition) is 1. The third-order valence-electron chi connectivity index (χ3n) is 6.37. The van der Waals surface area contributed by atoms with E-state index in [4.69, 9.17) is 4.74 Å². The molecule has 3 aliphatic rings. The quantitative estimate of drug-likeness (QED) is 0.387. The van der Waals surface area contributed by atoms with E-state index in [1.54, 1.807) is 48.5 Å². The van der Waals surface area contributed by atoms with Crippen LogP contribution >= 0.6 is 7.14 Å². The number of nitrogens with zero attached hydrogens (tertiary/aromatic N) is 1. The zero-order valence-corrected chi connectivity index (χ0v) is 18.2. The number of hydrogen-bond acceptors (Lipinski definition) is 5. The lowest BCUT2D eigenvalue weighted by molar-refractivity contribution is -0.142. The summed E-state index contributed by atoms with van der Waals surface area (Å²) < 4.78 is 19.6. The number of carbonyl (C=O) groups is 3. The lowest BCUT2D eigenvalue weighted by atomic mass is 9.85. The van der Waals surface area contributed by atoms with E-state index in [0.29, 0.717) is 10.6 Å². The van der Waals surface area contributed by atoms with Crippen LogP contribution in [-0.4, -0.2) is 54.1 Å². The first-order valence-corrected chi connectivity index (χ1v) is 12.5. The highest BCUT2D eigenvalue weighted by Gasteiger charge is 2.60. The van der Waals surface area contributed by atoms with Crippen LogP contribution < -0.4 is 15.9 Å². The van der Waals surface area contributed by atoms with Gasteiger partial charge in [-0.3, -0.25) is 19.3 Å². The molecule has 1 N–H and O–H groups in total. The molecular formula is C24H23N2O5P. The molecule has 0 spiro atoms. The summed E-state index contributed by atoms with van der Waals surface area (Å²) >= 11 is 0. The highest BCUT2D eigenvalue weighted by molar-refractivity contribution is 7.79. The van der Waals surface area contributed by atoms with Gasteiger partial charge in [0.2, 0.25) is 17.7 Å². The Hall–Kier alpha value is -3.02. The minimum atomic E-state index is -3.18. The number of likely N-dealkylation sites (tertiary alicyclic amines) is 1. The van der Waals surface area contributed by atoms with Crippen LogP contribution in [-0.2, 0) is 23.7 Å². The monoisotopic (exact) mass is 450 g/mol. The lowest BCUT2D eigenvalue weighted by Crippen LogP contribution is -2.41. The summed E-state index contributed by atoms with van der Waals surface area (Å²) in [4.78, 5) is 39.4. The largest absolute Gasteiger partial charge is 0.365 e. The fourth-order valence-electron chi connectivity index (χ4n) is 4.82. The van der Waals surface area contributed by atoms with Gasteiger partial charge in [0.15, 0.2) is 7.14 Å². The molecule has 2 fully saturated rings. The first kappa shape index (κ1) is 20.9. The first-order valence-electron chi connectivity index (χ1n) is 10.6. The first-order chi connectivity index (χ1) is 15.5. The van der Waals surface area contributed by atoms with Crippen molar-refractivity contribution in [1.82, 2.24) is 10.2 Å². The molecule has 5 rings (SSSR count). The van der Waals surface area contributed by atoms with Crippen molar-refractivity contribution in [3.63, 3.8) is 0 Å². The molecule has 0 aliphatic carbocycles. The van der Waals surface area contributed by atoms with Gasteiger partial charge in [-0.1, -0.05) is 72.8 Å². The van der Waals surface area contributed by atoms with Crippen molar-refractivity contribution in [1.29, 1.82) is 0 Å². The molecule has 2 aromatic rings. The minimum absolute atomic E-state index is 0.0941. The maximum atomic E-state index is 14.0. The zero-order valence-electron chi connectivity index (χ0n) is 17.3. The van der Waals surface area contributed by atoms with E-state index in [1.165, 1.54) is 4.90 Å². The molecule has 0 radical (unpaired) electrons. The van der Waals surface area contributed by atoms with E-state index >= 15 is 0 Å². The van der Waals surface area contributed by atoms with E-state index in [9.17, 15) is 18.9 Å². The van der Waals surface area contributed by atoms with Gasteiger partial charge in [-0.05, 0) is 0 Å². The van der Waals surface area contributed by atoms with Crippen LogP contribution in [0, 0.1) is 11.8 Å². The highest BCUT2D eigenvalue weighted by Crippen LogP contribution is 2.45. The summed E-state index contributed by atoms with van der Waals surface area (Å²) in [5.41, 5.74) is 0. The molecule has 4 atom stereocenters. The molecule has 2 saturated heterocycles. The molecule has 7 nitrogen and oxygen atoms in total. The Morgan fingerprint density at radius 2 is 1.38 bits per heavy atom. The van der Waals surface area contributed by atoms with E-state index < -0.39 is 19.0 Å². The maximum Gasteiger partial charge on any atom is 0.236 e. The number of ether oxygens (including phenoxy) is 1. The van der Waals surface area contributed by atoms with Crippen molar-refractivity contribution < 1.29 is 23.7 Å². The van der Waals surface area contributed by atoms with Gasteiger partial charge in [0.1, 0.15) is 0 Å². The SMILES string of the molecule is O=C(CP(=O)(c1ccccc1)c1ccccc1)NCCN1C(=O)[C@@H]2[C@H](C1=O)[C@H]1C=C[C@@H]2O1. The van der Waals surface area contributed by atoms with E-state index in [0.717, 1.165) is 0 Å². The molecule has 3 amide bonds. The van der Waals surface area contributed by atoms with E-state index in [2.05, 4.69) is 5.32 Å². The van der Waals surface area contributed by atoms with Gasteiger partial charge in [-0.15, -0.1) is 0 Å². The fourth-order valence-corrected chi connectivity index (χ4v) is 7.31. The smallest absolute Gasteiger partial charge is 0.236 e. The molecule has 3 aliphatic heterocycles. The van der Waals surface area contributed by atoms with Gasteiger partial charge in [-0.25, -0.2) is 0 Å². The molecule has 2 bridgehead atoms. The average molecular weight is 450 g/mol. The third kappa shape index (κ3) is 3.42. The van der Waals surface area contributed by atoms with Crippen molar-refractivity contribution in [3.05, 3.63) is 72.8 Å². The molecular weight excluding hydrogens is 427 g/mol. The Bertz CT molecular complexity index is 1060. The number of nitrogens with one attached hydrogen (secondary N) is 1. The van der Waals surface area contributed by atoms with Crippen molar-refractivity contribution in [2.75, 3.05) is 19.3 Å². The second-order valence-corrected chi connectivity index (χ2v) is 11.1. The molecule has 0 aromatic heterocycles. The molecule has 32 heavy (non-hydrogen) atoms. The van der Waals surface area contributed by atoms with Crippen LogP contribution in [0.3, 0.4) is 0 Å². The van der Waals surface area contributed by atoms with E-state index in [1.807, 2.05) is 24.3 Å². The van der Waals surface area contributed by atoms with Crippen LogP contribution in [0.4, 0.5) is 0 Å². The molecule has 3 heterocycles. The van der Waals surface area contributed by atoms with Gasteiger partial charge in [0.05, 0.1) is 30.2 Å². The lowest BCUT2D eigenvalue weighted by Gasteiger charge is -2.20. The van der Waals surface area contributed by atoms with E-state index in [-0.39, 0.29) is 49.2 Å². The molecule has 8 heteroatoms. The predicted molar refractivity (Wildman–Crippen MR) is 119 cm³/mol. The topological polar surface area (TPSA) is 92.8 Å². The molecule has 2 aromatic carbocycles. The summed E-state index contributed by atoms with van der Waals surface area (Å²) in [6.45, 7) is 0.208. The number of benzene rings is 2. The summed E-state index contributed by atoms with van der Waals surface area (Å²) in [7, 11) is -3.18. The number of carbonyl (C=O) groups excluding carboxylic acids is 3. The van der Waals surface area contributed by atoms with Crippen LogP contribution in [0.1, 0.15) is 0 Å². The van der Waals surface area contributed by atoms with Gasteiger partial charge >= 0.3 is 0 Å².